The summed E-state index contributed by atoms with van der Waals surface area (Å²) in [5, 5.41) is 0. The van der Waals surface area contributed by atoms with Crippen LogP contribution < -0.4 is 4.74 Å². The summed E-state index contributed by atoms with van der Waals surface area (Å²) < 4.78 is 8.31. The van der Waals surface area contributed by atoms with E-state index in [0.29, 0.717) is 5.88 Å². The number of methoxy groups -OCH3 is 1. The minimum absolute atomic E-state index is 0.262. The zero-order valence-electron chi connectivity index (χ0n) is 11.1. The average molecular weight is 295 g/mol. The molecule has 0 spiro atoms. The standard InChI is InChI=1S/C13H17N3OS2/c1-13(6-3-7-19-13)8-16-11-9(14-12(16)18)4-5-10(15-11)17-2/h4-5H,3,6-8H2,1-2H3,(H,14,18). The quantitative estimate of drug-likeness (QED) is 0.882. The second-order valence-corrected chi connectivity index (χ2v) is 7.21. The highest BCUT2D eigenvalue weighted by Gasteiger charge is 2.30. The molecule has 0 aliphatic carbocycles. The van der Waals surface area contributed by atoms with Gasteiger partial charge in [-0.15, -0.1) is 0 Å². The van der Waals surface area contributed by atoms with Crippen LogP contribution in [0.4, 0.5) is 0 Å². The molecule has 1 fully saturated rings. The first kappa shape index (κ1) is 13.0. The lowest BCUT2D eigenvalue weighted by Gasteiger charge is -2.23. The number of rotatable bonds is 3. The third kappa shape index (κ3) is 2.39. The Kier molecular flexibility index (Phi) is 3.30. The lowest BCUT2D eigenvalue weighted by molar-refractivity contribution is 0.398. The summed E-state index contributed by atoms with van der Waals surface area (Å²) in [5.41, 5.74) is 1.86. The minimum atomic E-state index is 0.262. The van der Waals surface area contributed by atoms with Crippen LogP contribution in [0, 0.1) is 4.77 Å². The smallest absolute Gasteiger partial charge is 0.215 e. The second-order valence-electron chi connectivity index (χ2n) is 5.14. The third-order valence-corrected chi connectivity index (χ3v) is 5.44. The van der Waals surface area contributed by atoms with Crippen molar-refractivity contribution in [1.82, 2.24) is 14.5 Å². The molecule has 3 heterocycles. The highest BCUT2D eigenvalue weighted by Crippen LogP contribution is 2.39. The van der Waals surface area contributed by atoms with E-state index in [2.05, 4.69) is 21.5 Å². The van der Waals surface area contributed by atoms with Crippen molar-refractivity contribution < 1.29 is 4.74 Å². The lowest BCUT2D eigenvalue weighted by atomic mass is 10.1. The number of H-pyrrole nitrogens is 1. The fourth-order valence-electron chi connectivity index (χ4n) is 2.57. The Hall–Kier alpha value is -1.01. The van der Waals surface area contributed by atoms with Gasteiger partial charge in [0.2, 0.25) is 5.88 Å². The van der Waals surface area contributed by atoms with E-state index in [4.69, 9.17) is 17.0 Å². The largest absolute Gasteiger partial charge is 0.481 e. The summed E-state index contributed by atoms with van der Waals surface area (Å²) in [6.45, 7) is 3.21. The SMILES string of the molecule is COc1ccc2[nH]c(=S)n(CC3(C)CCCS3)c2n1. The van der Waals surface area contributed by atoms with Crippen molar-refractivity contribution in [2.45, 2.75) is 31.1 Å². The zero-order valence-corrected chi connectivity index (χ0v) is 12.7. The van der Waals surface area contributed by atoms with Crippen molar-refractivity contribution in [3.05, 3.63) is 16.9 Å². The number of aromatic nitrogens is 3. The molecule has 6 heteroatoms. The summed E-state index contributed by atoms with van der Waals surface area (Å²) in [5.74, 6) is 1.86. The Morgan fingerprint density at radius 2 is 2.42 bits per heavy atom. The number of nitrogens with zero attached hydrogens (tertiary/aromatic N) is 2. The fourth-order valence-corrected chi connectivity index (χ4v) is 4.12. The molecular weight excluding hydrogens is 278 g/mol. The number of thioether (sulfide) groups is 1. The van der Waals surface area contributed by atoms with Gasteiger partial charge in [-0.1, -0.05) is 0 Å². The van der Waals surface area contributed by atoms with Gasteiger partial charge in [0.25, 0.3) is 0 Å². The van der Waals surface area contributed by atoms with Crippen molar-refractivity contribution in [2.24, 2.45) is 0 Å². The molecule has 0 radical (unpaired) electrons. The highest BCUT2D eigenvalue weighted by atomic mass is 32.2. The molecule has 102 valence electrons. The summed E-state index contributed by atoms with van der Waals surface area (Å²) in [7, 11) is 1.63. The average Bonchev–Trinajstić information content (AvgIpc) is 2.95. The van der Waals surface area contributed by atoms with Crippen LogP contribution in [-0.2, 0) is 6.54 Å². The van der Waals surface area contributed by atoms with Gasteiger partial charge in [-0.3, -0.25) is 0 Å². The molecule has 1 aliphatic heterocycles. The van der Waals surface area contributed by atoms with Gasteiger partial charge in [-0.2, -0.15) is 16.7 Å². The van der Waals surface area contributed by atoms with Gasteiger partial charge in [-0.05, 0) is 43.8 Å². The molecule has 2 aromatic rings. The van der Waals surface area contributed by atoms with Gasteiger partial charge >= 0.3 is 0 Å². The molecule has 0 saturated carbocycles. The maximum absolute atomic E-state index is 5.43. The van der Waals surface area contributed by atoms with Gasteiger partial charge in [0.1, 0.15) is 0 Å². The van der Waals surface area contributed by atoms with Crippen LogP contribution in [0.25, 0.3) is 11.2 Å². The van der Waals surface area contributed by atoms with Crippen molar-refractivity contribution in [2.75, 3.05) is 12.9 Å². The first-order valence-electron chi connectivity index (χ1n) is 6.39. The maximum Gasteiger partial charge on any atom is 0.215 e. The van der Waals surface area contributed by atoms with Gasteiger partial charge < -0.3 is 14.3 Å². The highest BCUT2D eigenvalue weighted by molar-refractivity contribution is 8.00. The van der Waals surface area contributed by atoms with E-state index < -0.39 is 0 Å². The topological polar surface area (TPSA) is 42.8 Å². The van der Waals surface area contributed by atoms with Crippen molar-refractivity contribution in [1.29, 1.82) is 0 Å². The van der Waals surface area contributed by atoms with Crippen molar-refractivity contribution >= 4 is 35.1 Å². The number of hydrogen-bond donors (Lipinski definition) is 1. The van der Waals surface area contributed by atoms with Crippen LogP contribution in [0.3, 0.4) is 0 Å². The molecule has 4 nitrogen and oxygen atoms in total. The van der Waals surface area contributed by atoms with E-state index in [0.717, 1.165) is 22.5 Å². The van der Waals surface area contributed by atoms with E-state index in [1.54, 1.807) is 7.11 Å². The molecular formula is C13H17N3OS2. The molecule has 0 aromatic carbocycles. The number of imidazole rings is 1. The Morgan fingerprint density at radius 1 is 1.58 bits per heavy atom. The van der Waals surface area contributed by atoms with Crippen LogP contribution >= 0.6 is 24.0 Å². The summed E-state index contributed by atoms with van der Waals surface area (Å²) >= 11 is 7.46. The van der Waals surface area contributed by atoms with Crippen LogP contribution in [0.1, 0.15) is 19.8 Å². The molecule has 19 heavy (non-hydrogen) atoms. The lowest BCUT2D eigenvalue weighted by Crippen LogP contribution is -2.23. The molecule has 1 aliphatic rings. The van der Waals surface area contributed by atoms with Gasteiger partial charge in [-0.25, -0.2) is 0 Å². The first-order chi connectivity index (χ1) is 9.11. The first-order valence-corrected chi connectivity index (χ1v) is 7.78. The van der Waals surface area contributed by atoms with E-state index in [1.807, 2.05) is 23.9 Å². The van der Waals surface area contributed by atoms with E-state index in [-0.39, 0.29) is 4.75 Å². The molecule has 0 amide bonds. The van der Waals surface area contributed by atoms with Gasteiger partial charge in [0, 0.05) is 17.4 Å². The summed E-state index contributed by atoms with van der Waals surface area (Å²) in [6.07, 6.45) is 2.52. The fraction of sp³-hybridized carbons (Fsp3) is 0.538. The van der Waals surface area contributed by atoms with Crippen molar-refractivity contribution in [3.8, 4) is 5.88 Å². The Bertz CT molecular complexity index is 655. The monoisotopic (exact) mass is 295 g/mol. The molecule has 2 aromatic heterocycles. The number of nitrogens with one attached hydrogen (secondary N) is 1. The van der Waals surface area contributed by atoms with Crippen LogP contribution in [0.5, 0.6) is 5.88 Å². The third-order valence-electron chi connectivity index (χ3n) is 3.59. The summed E-state index contributed by atoms with van der Waals surface area (Å²) in [6, 6.07) is 3.82. The Morgan fingerprint density at radius 3 is 3.11 bits per heavy atom. The number of ether oxygens (including phenoxy) is 1. The predicted octanol–water partition coefficient (Wildman–Crippen LogP) is 3.39. The summed E-state index contributed by atoms with van der Waals surface area (Å²) in [4.78, 5) is 7.74. The second kappa shape index (κ2) is 4.83. The van der Waals surface area contributed by atoms with Gasteiger partial charge in [0.05, 0.1) is 12.6 Å². The molecule has 1 saturated heterocycles. The van der Waals surface area contributed by atoms with E-state index in [1.165, 1.54) is 18.6 Å². The van der Waals surface area contributed by atoms with E-state index >= 15 is 0 Å². The van der Waals surface area contributed by atoms with Crippen LogP contribution in [-0.4, -0.2) is 32.1 Å². The predicted molar refractivity (Wildman–Crippen MR) is 81.6 cm³/mol. The minimum Gasteiger partial charge on any atom is -0.481 e. The van der Waals surface area contributed by atoms with Crippen LogP contribution in [0.2, 0.25) is 0 Å². The van der Waals surface area contributed by atoms with E-state index in [9.17, 15) is 0 Å². The molecule has 1 N–H and O–H groups in total. The molecule has 1 unspecified atom stereocenters. The number of fused-ring (bicyclic) bond motifs is 1. The maximum atomic E-state index is 5.43. The molecule has 1 atom stereocenters. The Balaban J connectivity index is 2.06. The van der Waals surface area contributed by atoms with Gasteiger partial charge in [0.15, 0.2) is 10.4 Å². The van der Waals surface area contributed by atoms with Crippen LogP contribution in [0.15, 0.2) is 12.1 Å². The number of pyridine rings is 1. The zero-order chi connectivity index (χ0) is 13.5. The number of aromatic amines is 1. The Labute approximate surface area is 121 Å². The molecule has 3 rings (SSSR count). The molecule has 0 bridgehead atoms. The number of hydrogen-bond acceptors (Lipinski definition) is 4. The van der Waals surface area contributed by atoms with Crippen molar-refractivity contribution in [3.63, 3.8) is 0 Å². The normalized spacial score (nSPS) is 23.1.